The molecule has 6 heteroatoms. The van der Waals surface area contributed by atoms with Gasteiger partial charge in [0.2, 0.25) is 5.91 Å². The molecule has 2 heterocycles. The first-order chi connectivity index (χ1) is 11.6. The molecular formula is C18H23N3O3. The highest BCUT2D eigenvalue weighted by molar-refractivity contribution is 5.80. The van der Waals surface area contributed by atoms with Crippen molar-refractivity contribution in [2.24, 2.45) is 0 Å². The molecule has 0 radical (unpaired) electrons. The third-order valence-electron chi connectivity index (χ3n) is 4.49. The van der Waals surface area contributed by atoms with Crippen molar-refractivity contribution in [3.8, 4) is 0 Å². The highest BCUT2D eigenvalue weighted by Crippen LogP contribution is 2.14. The largest absolute Gasteiger partial charge is 0.376 e. The second kappa shape index (κ2) is 7.13. The Morgan fingerprint density at radius 1 is 1.38 bits per heavy atom. The van der Waals surface area contributed by atoms with E-state index in [1.807, 2.05) is 24.3 Å². The number of fused-ring (bicyclic) bond motifs is 1. The first kappa shape index (κ1) is 16.6. The monoisotopic (exact) mass is 329 g/mol. The van der Waals surface area contributed by atoms with Crippen LogP contribution in [0.4, 0.5) is 0 Å². The van der Waals surface area contributed by atoms with Crippen molar-refractivity contribution >= 4 is 16.9 Å². The summed E-state index contributed by atoms with van der Waals surface area (Å²) in [5.41, 5.74) is 1.59. The van der Waals surface area contributed by atoms with Crippen LogP contribution in [0.2, 0.25) is 0 Å². The minimum absolute atomic E-state index is 0.0198. The van der Waals surface area contributed by atoms with Gasteiger partial charge in [-0.3, -0.25) is 14.2 Å². The summed E-state index contributed by atoms with van der Waals surface area (Å²) in [5.74, 6) is -0.0953. The lowest BCUT2D eigenvalue weighted by atomic mass is 10.1. The fourth-order valence-corrected chi connectivity index (χ4v) is 3.09. The molecule has 0 N–H and O–H groups in total. The highest BCUT2D eigenvalue weighted by Gasteiger charge is 2.20. The van der Waals surface area contributed by atoms with Crippen molar-refractivity contribution in [2.45, 2.75) is 38.8 Å². The molecule has 1 saturated heterocycles. The Morgan fingerprint density at radius 2 is 2.17 bits per heavy atom. The van der Waals surface area contributed by atoms with Crippen molar-refractivity contribution in [3.05, 3.63) is 40.3 Å². The molecule has 0 aliphatic carbocycles. The molecule has 24 heavy (non-hydrogen) atoms. The van der Waals surface area contributed by atoms with E-state index < -0.39 is 0 Å². The molecular weight excluding hydrogens is 306 g/mol. The smallest absolute Gasteiger partial charge is 0.272 e. The average Bonchev–Trinajstić information content (AvgIpc) is 2.59. The summed E-state index contributed by atoms with van der Waals surface area (Å²) in [6.07, 6.45) is 3.31. The Bertz CT molecular complexity index is 794. The minimum atomic E-state index is -0.218. The summed E-state index contributed by atoms with van der Waals surface area (Å²) in [7, 11) is 1.77. The highest BCUT2D eigenvalue weighted by atomic mass is 16.5. The van der Waals surface area contributed by atoms with E-state index in [0.29, 0.717) is 17.8 Å². The summed E-state index contributed by atoms with van der Waals surface area (Å²) in [4.78, 5) is 31.0. The number of amides is 1. The van der Waals surface area contributed by atoms with Crippen molar-refractivity contribution in [1.82, 2.24) is 14.5 Å². The van der Waals surface area contributed by atoms with Gasteiger partial charge in [-0.2, -0.15) is 0 Å². The number of nitrogens with zero attached hydrogens (tertiary/aromatic N) is 3. The fourth-order valence-electron chi connectivity index (χ4n) is 3.09. The number of carbonyl (C=O) groups is 1. The van der Waals surface area contributed by atoms with Crippen LogP contribution < -0.4 is 5.56 Å². The fraction of sp³-hybridized carbons (Fsp3) is 0.500. The lowest BCUT2D eigenvalue weighted by Gasteiger charge is -2.27. The normalized spacial score (nSPS) is 17.8. The van der Waals surface area contributed by atoms with Gasteiger partial charge >= 0.3 is 0 Å². The topological polar surface area (TPSA) is 64.4 Å². The summed E-state index contributed by atoms with van der Waals surface area (Å²) >= 11 is 0. The Balaban J connectivity index is 1.80. The Kier molecular flexibility index (Phi) is 4.94. The van der Waals surface area contributed by atoms with Gasteiger partial charge in [0.05, 0.1) is 17.1 Å². The Morgan fingerprint density at radius 3 is 2.92 bits per heavy atom. The van der Waals surface area contributed by atoms with E-state index in [4.69, 9.17) is 4.74 Å². The maximum atomic E-state index is 12.6. The van der Waals surface area contributed by atoms with E-state index in [-0.39, 0.29) is 24.1 Å². The van der Waals surface area contributed by atoms with E-state index in [1.165, 1.54) is 4.57 Å². The Labute approximate surface area is 141 Å². The van der Waals surface area contributed by atoms with Gasteiger partial charge in [0.15, 0.2) is 0 Å². The molecule has 1 atom stereocenters. The van der Waals surface area contributed by atoms with E-state index in [9.17, 15) is 9.59 Å². The number of aryl methyl sites for hydroxylation is 1. The number of benzene rings is 1. The molecule has 2 aromatic rings. The average molecular weight is 329 g/mol. The molecule has 0 bridgehead atoms. The van der Waals surface area contributed by atoms with Crippen LogP contribution in [0.5, 0.6) is 0 Å². The lowest BCUT2D eigenvalue weighted by Crippen LogP contribution is -2.40. The second-order valence-electron chi connectivity index (χ2n) is 6.34. The molecule has 0 spiro atoms. The van der Waals surface area contributed by atoms with Gasteiger partial charge in [0.25, 0.3) is 5.56 Å². The summed E-state index contributed by atoms with van der Waals surface area (Å²) in [6.45, 7) is 3.02. The van der Waals surface area contributed by atoms with Gasteiger partial charge in [-0.25, -0.2) is 4.98 Å². The van der Waals surface area contributed by atoms with Crippen molar-refractivity contribution in [3.63, 3.8) is 0 Å². The van der Waals surface area contributed by atoms with Crippen LogP contribution in [0.1, 0.15) is 25.0 Å². The number of rotatable bonds is 4. The number of hydrogen-bond donors (Lipinski definition) is 0. The zero-order chi connectivity index (χ0) is 17.1. The molecule has 128 valence electrons. The molecule has 1 aliphatic heterocycles. The van der Waals surface area contributed by atoms with E-state index in [0.717, 1.165) is 31.4 Å². The number of aromatic nitrogens is 2. The van der Waals surface area contributed by atoms with Crippen LogP contribution in [0.25, 0.3) is 11.0 Å². The summed E-state index contributed by atoms with van der Waals surface area (Å²) in [6, 6.07) is 7.39. The summed E-state index contributed by atoms with van der Waals surface area (Å²) < 4.78 is 7.20. The Hall–Kier alpha value is -2.21. The van der Waals surface area contributed by atoms with E-state index >= 15 is 0 Å². The van der Waals surface area contributed by atoms with Gasteiger partial charge in [-0.1, -0.05) is 12.1 Å². The van der Waals surface area contributed by atoms with Crippen LogP contribution in [0, 0.1) is 6.92 Å². The van der Waals surface area contributed by atoms with Crippen molar-refractivity contribution in [2.75, 3.05) is 20.2 Å². The van der Waals surface area contributed by atoms with Gasteiger partial charge in [0, 0.05) is 20.2 Å². The predicted octanol–water partition coefficient (Wildman–Crippen LogP) is 1.73. The quantitative estimate of drug-likeness (QED) is 0.857. The van der Waals surface area contributed by atoms with E-state index in [1.54, 1.807) is 18.9 Å². The molecule has 1 aromatic heterocycles. The van der Waals surface area contributed by atoms with Gasteiger partial charge < -0.3 is 9.64 Å². The maximum absolute atomic E-state index is 12.6. The van der Waals surface area contributed by atoms with Crippen molar-refractivity contribution in [1.29, 1.82) is 0 Å². The molecule has 1 fully saturated rings. The number of carbonyl (C=O) groups excluding carboxylic acids is 1. The third-order valence-corrected chi connectivity index (χ3v) is 4.49. The van der Waals surface area contributed by atoms with Crippen LogP contribution in [-0.4, -0.2) is 46.7 Å². The second-order valence-corrected chi connectivity index (χ2v) is 6.34. The SMILES string of the molecule is Cc1nc2ccccc2n(CC(=O)N(C)C[C@@H]2CCCCO2)c1=O. The lowest BCUT2D eigenvalue weighted by molar-refractivity contribution is -0.132. The maximum Gasteiger partial charge on any atom is 0.272 e. The molecule has 1 amide bonds. The van der Waals surface area contributed by atoms with Crippen LogP contribution in [-0.2, 0) is 16.1 Å². The van der Waals surface area contributed by atoms with Crippen LogP contribution in [0.3, 0.4) is 0 Å². The molecule has 1 aromatic carbocycles. The third kappa shape index (κ3) is 3.48. The first-order valence-electron chi connectivity index (χ1n) is 8.38. The molecule has 6 nitrogen and oxygen atoms in total. The van der Waals surface area contributed by atoms with Crippen molar-refractivity contribution < 1.29 is 9.53 Å². The summed E-state index contributed by atoms with van der Waals surface area (Å²) in [5, 5.41) is 0. The molecule has 0 saturated carbocycles. The van der Waals surface area contributed by atoms with Crippen LogP contribution in [0.15, 0.2) is 29.1 Å². The van der Waals surface area contributed by atoms with Gasteiger partial charge in [-0.05, 0) is 38.3 Å². The standard InChI is InChI=1S/C18H23N3O3/c1-13-18(23)21(16-9-4-3-8-15(16)19-13)12-17(22)20(2)11-14-7-5-6-10-24-14/h3-4,8-9,14H,5-7,10-12H2,1-2H3/t14-/m0/s1. The number of ether oxygens (including phenoxy) is 1. The molecule has 1 aliphatic rings. The number of likely N-dealkylation sites (N-methyl/N-ethyl adjacent to an activating group) is 1. The predicted molar refractivity (Wildman–Crippen MR) is 92.0 cm³/mol. The zero-order valence-corrected chi connectivity index (χ0v) is 14.2. The van der Waals surface area contributed by atoms with E-state index in [2.05, 4.69) is 4.98 Å². The van der Waals surface area contributed by atoms with Gasteiger partial charge in [-0.15, -0.1) is 0 Å². The zero-order valence-electron chi connectivity index (χ0n) is 14.2. The minimum Gasteiger partial charge on any atom is -0.376 e. The molecule has 3 rings (SSSR count). The number of para-hydroxylation sites is 2. The first-order valence-corrected chi connectivity index (χ1v) is 8.38. The number of hydrogen-bond acceptors (Lipinski definition) is 4. The molecule has 0 unspecified atom stereocenters. The van der Waals surface area contributed by atoms with Crippen LogP contribution >= 0.6 is 0 Å². The van der Waals surface area contributed by atoms with Gasteiger partial charge in [0.1, 0.15) is 12.2 Å².